The molecule has 0 bridgehead atoms. The van der Waals surface area contributed by atoms with Crippen LogP contribution in [0.25, 0.3) is 0 Å². The van der Waals surface area contributed by atoms with Crippen molar-refractivity contribution in [2.24, 2.45) is 11.8 Å². The second-order valence-electron chi connectivity index (χ2n) is 4.83. The van der Waals surface area contributed by atoms with Crippen LogP contribution >= 0.6 is 0 Å². The maximum absolute atomic E-state index is 11.6. The van der Waals surface area contributed by atoms with E-state index in [1.54, 1.807) is 6.08 Å². The van der Waals surface area contributed by atoms with Gasteiger partial charge in [-0.3, -0.25) is 4.79 Å². The molecule has 0 amide bonds. The molecule has 4 atom stereocenters. The number of hydrogen-bond donors (Lipinski definition) is 0. The number of allylic oxidation sites excluding steroid dienone is 2. The lowest BCUT2D eigenvalue weighted by Crippen LogP contribution is -2.29. The standard InChI is InChI=1S/C11H14O3/c1-11(2)13-8-5-6-3-4-7(12)9(6)10(8)14-11/h3-4,6,8-10H,5H2,1-2H3/t6-,8-,9+,10-/m1/s1. The number of rotatable bonds is 0. The van der Waals surface area contributed by atoms with Crippen LogP contribution in [0.3, 0.4) is 0 Å². The molecule has 3 rings (SSSR count). The van der Waals surface area contributed by atoms with Crippen LogP contribution in [0.2, 0.25) is 0 Å². The fraction of sp³-hybridized carbons (Fsp3) is 0.727. The zero-order valence-electron chi connectivity index (χ0n) is 8.40. The Balaban J connectivity index is 1.88. The first-order valence-corrected chi connectivity index (χ1v) is 5.14. The largest absolute Gasteiger partial charge is 0.345 e. The summed E-state index contributed by atoms with van der Waals surface area (Å²) in [6.45, 7) is 3.82. The summed E-state index contributed by atoms with van der Waals surface area (Å²) >= 11 is 0. The summed E-state index contributed by atoms with van der Waals surface area (Å²) in [5, 5.41) is 0. The highest BCUT2D eigenvalue weighted by Gasteiger charge is 2.55. The molecule has 3 heteroatoms. The zero-order chi connectivity index (χ0) is 9.92. The van der Waals surface area contributed by atoms with E-state index in [4.69, 9.17) is 9.47 Å². The number of ether oxygens (including phenoxy) is 2. The lowest BCUT2D eigenvalue weighted by molar-refractivity contribution is -0.160. The molecule has 0 N–H and O–H groups in total. The molecule has 0 spiro atoms. The summed E-state index contributed by atoms with van der Waals surface area (Å²) in [5.41, 5.74) is 0. The van der Waals surface area contributed by atoms with Gasteiger partial charge in [-0.05, 0) is 32.3 Å². The third kappa shape index (κ3) is 1.03. The topological polar surface area (TPSA) is 35.5 Å². The Labute approximate surface area is 83.1 Å². The minimum absolute atomic E-state index is 0.0162. The van der Waals surface area contributed by atoms with Crippen molar-refractivity contribution in [2.75, 3.05) is 0 Å². The first-order valence-electron chi connectivity index (χ1n) is 5.14. The molecule has 14 heavy (non-hydrogen) atoms. The van der Waals surface area contributed by atoms with E-state index >= 15 is 0 Å². The summed E-state index contributed by atoms with van der Waals surface area (Å²) in [5.74, 6) is 0.0857. The Bertz CT molecular complexity index is 318. The lowest BCUT2D eigenvalue weighted by Gasteiger charge is -2.21. The smallest absolute Gasteiger partial charge is 0.163 e. The van der Waals surface area contributed by atoms with Gasteiger partial charge in [-0.25, -0.2) is 0 Å². The van der Waals surface area contributed by atoms with Crippen LogP contribution in [0.5, 0.6) is 0 Å². The van der Waals surface area contributed by atoms with Crippen molar-refractivity contribution in [3.05, 3.63) is 12.2 Å². The van der Waals surface area contributed by atoms with E-state index in [2.05, 4.69) is 0 Å². The molecular formula is C11H14O3. The summed E-state index contributed by atoms with van der Waals surface area (Å²) in [6, 6.07) is 0. The van der Waals surface area contributed by atoms with Crippen LogP contribution in [0.15, 0.2) is 12.2 Å². The Morgan fingerprint density at radius 1 is 1.43 bits per heavy atom. The van der Waals surface area contributed by atoms with Crippen molar-refractivity contribution in [1.82, 2.24) is 0 Å². The molecule has 0 unspecified atom stereocenters. The van der Waals surface area contributed by atoms with Crippen LogP contribution in [-0.2, 0) is 14.3 Å². The van der Waals surface area contributed by atoms with Crippen molar-refractivity contribution in [2.45, 2.75) is 38.3 Å². The van der Waals surface area contributed by atoms with Crippen molar-refractivity contribution in [1.29, 1.82) is 0 Å². The van der Waals surface area contributed by atoms with Gasteiger partial charge in [0.05, 0.1) is 18.1 Å². The number of carbonyl (C=O) groups excluding carboxylic acids is 1. The van der Waals surface area contributed by atoms with Crippen LogP contribution in [0.1, 0.15) is 20.3 Å². The quantitative estimate of drug-likeness (QED) is 0.582. The lowest BCUT2D eigenvalue weighted by atomic mass is 9.97. The normalized spacial score (nSPS) is 48.3. The molecular weight excluding hydrogens is 180 g/mol. The molecule has 0 radical (unpaired) electrons. The molecule has 2 fully saturated rings. The van der Waals surface area contributed by atoms with Gasteiger partial charge in [0.15, 0.2) is 11.6 Å². The van der Waals surface area contributed by atoms with E-state index in [9.17, 15) is 4.79 Å². The van der Waals surface area contributed by atoms with Crippen molar-refractivity contribution >= 4 is 5.78 Å². The van der Waals surface area contributed by atoms with E-state index in [1.807, 2.05) is 19.9 Å². The van der Waals surface area contributed by atoms with E-state index in [0.29, 0.717) is 5.92 Å². The fourth-order valence-electron chi connectivity index (χ4n) is 2.91. The molecule has 3 aliphatic rings. The summed E-state index contributed by atoms with van der Waals surface area (Å²) in [7, 11) is 0. The first kappa shape index (κ1) is 8.62. The van der Waals surface area contributed by atoms with Crippen molar-refractivity contribution < 1.29 is 14.3 Å². The van der Waals surface area contributed by atoms with Crippen molar-refractivity contribution in [3.63, 3.8) is 0 Å². The van der Waals surface area contributed by atoms with Gasteiger partial charge in [0, 0.05) is 0 Å². The van der Waals surface area contributed by atoms with Gasteiger partial charge in [-0.2, -0.15) is 0 Å². The minimum Gasteiger partial charge on any atom is -0.345 e. The molecule has 2 aliphatic carbocycles. The molecule has 1 heterocycles. The van der Waals surface area contributed by atoms with E-state index in [0.717, 1.165) is 6.42 Å². The second-order valence-corrected chi connectivity index (χ2v) is 4.83. The van der Waals surface area contributed by atoms with Gasteiger partial charge >= 0.3 is 0 Å². The highest BCUT2D eigenvalue weighted by Crippen LogP contribution is 2.47. The molecule has 0 aromatic heterocycles. The predicted octanol–water partition coefficient (Wildman–Crippen LogP) is 1.28. The summed E-state index contributed by atoms with van der Waals surface area (Å²) < 4.78 is 11.5. The minimum atomic E-state index is -0.511. The van der Waals surface area contributed by atoms with Gasteiger partial charge in [-0.1, -0.05) is 6.08 Å². The first-order chi connectivity index (χ1) is 6.57. The molecule has 1 aliphatic heterocycles. The molecule has 3 nitrogen and oxygen atoms in total. The highest BCUT2D eigenvalue weighted by molar-refractivity contribution is 5.95. The molecule has 0 aromatic rings. The predicted molar refractivity (Wildman–Crippen MR) is 49.6 cm³/mol. The maximum atomic E-state index is 11.6. The Morgan fingerprint density at radius 3 is 3.00 bits per heavy atom. The van der Waals surface area contributed by atoms with Crippen LogP contribution in [0, 0.1) is 11.8 Å². The number of hydrogen-bond acceptors (Lipinski definition) is 3. The van der Waals surface area contributed by atoms with Gasteiger partial charge in [-0.15, -0.1) is 0 Å². The second kappa shape index (κ2) is 2.47. The number of fused-ring (bicyclic) bond motifs is 3. The Hall–Kier alpha value is -0.670. The van der Waals surface area contributed by atoms with Gasteiger partial charge in [0.2, 0.25) is 0 Å². The SMILES string of the molecule is CC1(C)O[C@H]2[C@@H]3C(=O)C=C[C@@H]3C[C@H]2O1. The van der Waals surface area contributed by atoms with Gasteiger partial charge in [0.1, 0.15) is 0 Å². The highest BCUT2D eigenvalue weighted by atomic mass is 16.8. The zero-order valence-corrected chi connectivity index (χ0v) is 8.40. The molecule has 76 valence electrons. The van der Waals surface area contributed by atoms with E-state index in [1.165, 1.54) is 0 Å². The van der Waals surface area contributed by atoms with Crippen LogP contribution in [-0.4, -0.2) is 23.8 Å². The van der Waals surface area contributed by atoms with Crippen LogP contribution in [0.4, 0.5) is 0 Å². The summed E-state index contributed by atoms with van der Waals surface area (Å²) in [6.07, 6.45) is 4.73. The van der Waals surface area contributed by atoms with E-state index < -0.39 is 5.79 Å². The Kier molecular flexibility index (Phi) is 1.52. The maximum Gasteiger partial charge on any atom is 0.163 e. The average molecular weight is 194 g/mol. The van der Waals surface area contributed by atoms with Crippen LogP contribution < -0.4 is 0 Å². The third-order valence-electron chi connectivity index (χ3n) is 3.38. The molecule has 0 aromatic carbocycles. The Morgan fingerprint density at radius 2 is 2.21 bits per heavy atom. The van der Waals surface area contributed by atoms with Gasteiger partial charge < -0.3 is 9.47 Å². The average Bonchev–Trinajstić information content (AvgIpc) is 2.61. The fourth-order valence-corrected chi connectivity index (χ4v) is 2.91. The third-order valence-corrected chi connectivity index (χ3v) is 3.38. The number of ketones is 1. The molecule has 1 saturated heterocycles. The van der Waals surface area contributed by atoms with Gasteiger partial charge in [0.25, 0.3) is 0 Å². The summed E-state index contributed by atoms with van der Waals surface area (Å²) in [4.78, 5) is 11.6. The number of carbonyl (C=O) groups is 1. The monoisotopic (exact) mass is 194 g/mol. The van der Waals surface area contributed by atoms with Crippen molar-refractivity contribution in [3.8, 4) is 0 Å². The molecule has 1 saturated carbocycles. The van der Waals surface area contributed by atoms with E-state index in [-0.39, 0.29) is 23.9 Å².